The Morgan fingerprint density at radius 3 is 2.51 bits per heavy atom. The number of ether oxygens (including phenoxy) is 1. The standard InChI is InChI=1S/C28H37N5O5S/c1-21-17-32(22(2)19-34)28(35)10-7-15-33-25(16-29-30-33)20-38-27(21)18-31(3)39(36,37)26-13-11-24(12-14-26)23-8-5-4-6-9-23/h4-6,8-9,11-14,16,21-22,27,34H,7,10,15,17-20H2,1-3H3/t21-,22-,27-/m0/s1. The molecule has 11 heteroatoms. The molecule has 0 aliphatic carbocycles. The zero-order valence-corrected chi connectivity index (χ0v) is 23.5. The highest BCUT2D eigenvalue weighted by atomic mass is 32.2. The molecule has 0 saturated heterocycles. The molecule has 1 aliphatic rings. The molecule has 3 aromatic rings. The lowest BCUT2D eigenvalue weighted by molar-refractivity contribution is -0.136. The second-order valence-corrected chi connectivity index (χ2v) is 12.2. The van der Waals surface area contributed by atoms with E-state index < -0.39 is 16.1 Å². The fourth-order valence-electron chi connectivity index (χ4n) is 4.73. The minimum Gasteiger partial charge on any atom is -0.394 e. The zero-order chi connectivity index (χ0) is 28.0. The summed E-state index contributed by atoms with van der Waals surface area (Å²) in [5.41, 5.74) is 2.71. The van der Waals surface area contributed by atoms with Gasteiger partial charge in [0.05, 0.1) is 42.1 Å². The zero-order valence-electron chi connectivity index (χ0n) is 22.7. The molecule has 1 aliphatic heterocycles. The summed E-state index contributed by atoms with van der Waals surface area (Å²) >= 11 is 0. The summed E-state index contributed by atoms with van der Waals surface area (Å²) in [6.45, 7) is 4.72. The maximum atomic E-state index is 13.5. The third-order valence-electron chi connectivity index (χ3n) is 7.25. The van der Waals surface area contributed by atoms with Crippen molar-refractivity contribution in [2.75, 3.05) is 26.7 Å². The quantitative estimate of drug-likeness (QED) is 0.476. The van der Waals surface area contributed by atoms with Crippen molar-refractivity contribution in [3.8, 4) is 11.1 Å². The smallest absolute Gasteiger partial charge is 0.242 e. The van der Waals surface area contributed by atoms with Crippen molar-refractivity contribution in [3.05, 3.63) is 66.5 Å². The summed E-state index contributed by atoms with van der Waals surface area (Å²) in [6.07, 6.45) is 2.00. The predicted molar refractivity (Wildman–Crippen MR) is 147 cm³/mol. The number of aliphatic hydroxyl groups excluding tert-OH is 1. The van der Waals surface area contributed by atoms with E-state index in [1.807, 2.05) is 37.3 Å². The van der Waals surface area contributed by atoms with Crippen LogP contribution in [0, 0.1) is 5.92 Å². The fourth-order valence-corrected chi connectivity index (χ4v) is 5.91. The summed E-state index contributed by atoms with van der Waals surface area (Å²) in [5, 5.41) is 17.9. The number of carbonyl (C=O) groups is 1. The van der Waals surface area contributed by atoms with Crippen molar-refractivity contribution in [2.24, 2.45) is 5.92 Å². The van der Waals surface area contributed by atoms with E-state index in [0.717, 1.165) is 16.8 Å². The molecular weight excluding hydrogens is 518 g/mol. The van der Waals surface area contributed by atoms with E-state index >= 15 is 0 Å². The number of aryl methyl sites for hydroxylation is 1. The van der Waals surface area contributed by atoms with Gasteiger partial charge in [0.25, 0.3) is 0 Å². The van der Waals surface area contributed by atoms with Crippen LogP contribution >= 0.6 is 0 Å². The summed E-state index contributed by atoms with van der Waals surface area (Å²) < 4.78 is 36.3. The van der Waals surface area contributed by atoms with Gasteiger partial charge in [-0.2, -0.15) is 4.31 Å². The Morgan fingerprint density at radius 1 is 1.13 bits per heavy atom. The fraction of sp³-hybridized carbons (Fsp3) is 0.464. The van der Waals surface area contributed by atoms with Crippen LogP contribution < -0.4 is 0 Å². The predicted octanol–water partition coefficient (Wildman–Crippen LogP) is 2.79. The van der Waals surface area contributed by atoms with Gasteiger partial charge in [-0.25, -0.2) is 13.1 Å². The third kappa shape index (κ3) is 6.91. The SMILES string of the molecule is C[C@H]1CN([C@@H](C)CO)C(=O)CCCn2nncc2CO[C@H]1CN(C)S(=O)(=O)c1ccc(-c2ccccc2)cc1. The number of likely N-dealkylation sites (N-methyl/N-ethyl adjacent to an activating group) is 1. The molecule has 0 unspecified atom stereocenters. The Balaban J connectivity index is 1.56. The van der Waals surface area contributed by atoms with Gasteiger partial charge in [0.15, 0.2) is 0 Å². The number of rotatable bonds is 7. The first-order valence-electron chi connectivity index (χ1n) is 13.2. The van der Waals surface area contributed by atoms with E-state index in [1.54, 1.807) is 47.0 Å². The summed E-state index contributed by atoms with van der Waals surface area (Å²) in [5.74, 6) is -0.284. The van der Waals surface area contributed by atoms with Gasteiger partial charge >= 0.3 is 0 Å². The molecular formula is C28H37N5O5S. The Kier molecular flexibility index (Phi) is 9.49. The molecule has 0 radical (unpaired) electrons. The molecule has 3 atom stereocenters. The van der Waals surface area contributed by atoms with Crippen molar-refractivity contribution in [1.29, 1.82) is 0 Å². The lowest BCUT2D eigenvalue weighted by atomic mass is 10.0. The van der Waals surface area contributed by atoms with Crippen LogP contribution in [0.15, 0.2) is 65.7 Å². The van der Waals surface area contributed by atoms with E-state index in [1.165, 1.54) is 11.4 Å². The first kappa shape index (κ1) is 28.9. The van der Waals surface area contributed by atoms with Gasteiger partial charge < -0.3 is 14.7 Å². The van der Waals surface area contributed by atoms with Crippen molar-refractivity contribution >= 4 is 15.9 Å². The van der Waals surface area contributed by atoms with Gasteiger partial charge in [-0.3, -0.25) is 4.79 Å². The van der Waals surface area contributed by atoms with Crippen LogP contribution in [0.3, 0.4) is 0 Å². The Hall–Kier alpha value is -3.12. The van der Waals surface area contributed by atoms with E-state index in [0.29, 0.717) is 25.9 Å². The largest absolute Gasteiger partial charge is 0.394 e. The second kappa shape index (κ2) is 12.8. The van der Waals surface area contributed by atoms with Crippen LogP contribution in [0.2, 0.25) is 0 Å². The normalized spacial score (nSPS) is 20.2. The number of aliphatic hydroxyl groups is 1. The topological polar surface area (TPSA) is 118 Å². The Morgan fingerprint density at radius 2 is 1.82 bits per heavy atom. The number of amides is 1. The average Bonchev–Trinajstić information content (AvgIpc) is 3.40. The van der Waals surface area contributed by atoms with Gasteiger partial charge in [-0.05, 0) is 36.6 Å². The lowest BCUT2D eigenvalue weighted by Crippen LogP contribution is -2.47. The molecule has 0 saturated carbocycles. The molecule has 2 aromatic carbocycles. The number of benzene rings is 2. The molecule has 4 rings (SSSR count). The molecule has 0 bridgehead atoms. The highest BCUT2D eigenvalue weighted by Gasteiger charge is 2.31. The highest BCUT2D eigenvalue weighted by Crippen LogP contribution is 2.24. The first-order chi connectivity index (χ1) is 18.7. The van der Waals surface area contributed by atoms with Crippen molar-refractivity contribution in [3.63, 3.8) is 0 Å². The van der Waals surface area contributed by atoms with Gasteiger partial charge in [0.1, 0.15) is 0 Å². The lowest BCUT2D eigenvalue weighted by Gasteiger charge is -2.35. The number of fused-ring (bicyclic) bond motifs is 1. The van der Waals surface area contributed by atoms with Crippen LogP contribution in [-0.2, 0) is 32.7 Å². The Labute approximate surface area is 230 Å². The molecule has 1 aromatic heterocycles. The molecule has 0 fully saturated rings. The molecule has 210 valence electrons. The van der Waals surface area contributed by atoms with Crippen LogP contribution in [0.5, 0.6) is 0 Å². The maximum absolute atomic E-state index is 13.5. The molecule has 39 heavy (non-hydrogen) atoms. The summed E-state index contributed by atoms with van der Waals surface area (Å²) in [4.78, 5) is 14.9. The second-order valence-electron chi connectivity index (χ2n) is 10.1. The van der Waals surface area contributed by atoms with Crippen molar-refractivity contribution in [1.82, 2.24) is 24.2 Å². The van der Waals surface area contributed by atoms with Crippen LogP contribution in [0.4, 0.5) is 0 Å². The molecule has 1 N–H and O–H groups in total. The van der Waals surface area contributed by atoms with Crippen LogP contribution in [0.1, 0.15) is 32.4 Å². The molecule has 2 heterocycles. The van der Waals surface area contributed by atoms with Gasteiger partial charge in [0.2, 0.25) is 15.9 Å². The minimum atomic E-state index is -3.80. The number of carbonyl (C=O) groups excluding carboxylic acids is 1. The third-order valence-corrected chi connectivity index (χ3v) is 9.08. The summed E-state index contributed by atoms with van der Waals surface area (Å²) in [7, 11) is -2.26. The first-order valence-corrected chi connectivity index (χ1v) is 14.7. The Bertz CT molecular complexity index is 1330. The van der Waals surface area contributed by atoms with Crippen molar-refractivity contribution < 1.29 is 23.1 Å². The van der Waals surface area contributed by atoms with Gasteiger partial charge in [-0.15, -0.1) is 5.10 Å². The van der Waals surface area contributed by atoms with E-state index in [4.69, 9.17) is 4.74 Å². The van der Waals surface area contributed by atoms with E-state index in [-0.39, 0.29) is 42.5 Å². The van der Waals surface area contributed by atoms with Gasteiger partial charge in [0, 0.05) is 39.0 Å². The number of aromatic nitrogens is 3. The van der Waals surface area contributed by atoms with E-state index in [9.17, 15) is 18.3 Å². The molecule has 10 nitrogen and oxygen atoms in total. The molecule has 1 amide bonds. The highest BCUT2D eigenvalue weighted by molar-refractivity contribution is 7.89. The summed E-state index contributed by atoms with van der Waals surface area (Å²) in [6, 6.07) is 16.3. The average molecular weight is 556 g/mol. The maximum Gasteiger partial charge on any atom is 0.242 e. The van der Waals surface area contributed by atoms with Crippen molar-refractivity contribution in [2.45, 2.75) is 56.9 Å². The number of hydrogen-bond donors (Lipinski definition) is 1. The number of nitrogens with zero attached hydrogens (tertiary/aromatic N) is 5. The monoisotopic (exact) mass is 555 g/mol. The number of hydrogen-bond acceptors (Lipinski definition) is 7. The van der Waals surface area contributed by atoms with Crippen LogP contribution in [0.25, 0.3) is 11.1 Å². The minimum absolute atomic E-state index is 0.0659. The van der Waals surface area contributed by atoms with Crippen LogP contribution in [-0.4, -0.2) is 82.5 Å². The van der Waals surface area contributed by atoms with E-state index in [2.05, 4.69) is 10.3 Å². The van der Waals surface area contributed by atoms with Gasteiger partial charge in [-0.1, -0.05) is 54.6 Å². The molecule has 0 spiro atoms. The number of sulfonamides is 1.